The summed E-state index contributed by atoms with van der Waals surface area (Å²) in [5.41, 5.74) is 8.58. The molecule has 5 aromatic rings. The van der Waals surface area contributed by atoms with Crippen molar-refractivity contribution < 1.29 is 33.3 Å². The first-order valence-corrected chi connectivity index (χ1v) is 18.0. The van der Waals surface area contributed by atoms with Crippen LogP contribution in [0.15, 0.2) is 64.6 Å². The minimum atomic E-state index is -1.34. The summed E-state index contributed by atoms with van der Waals surface area (Å²) < 4.78 is 33.5. The number of hydrogen-bond acceptors (Lipinski definition) is 12. The van der Waals surface area contributed by atoms with E-state index in [9.17, 15) is 19.5 Å². The minimum absolute atomic E-state index is 0.000901. The quantitative estimate of drug-likeness (QED) is 0.188. The van der Waals surface area contributed by atoms with E-state index in [0.717, 1.165) is 5.56 Å². The Balaban J connectivity index is 1.11. The lowest BCUT2D eigenvalue weighted by molar-refractivity contribution is -0.112. The number of amides is 1. The average Bonchev–Trinajstić information content (AvgIpc) is 3.43. The van der Waals surface area contributed by atoms with Crippen LogP contribution in [-0.2, 0) is 17.8 Å². The molecule has 1 saturated heterocycles. The molecule has 2 aliphatic rings. The highest BCUT2D eigenvalue weighted by Crippen LogP contribution is 2.39. The number of nitrogens with two attached hydrogens (primary N) is 1. The summed E-state index contributed by atoms with van der Waals surface area (Å²) in [5, 5.41) is 10.1. The highest BCUT2D eigenvalue weighted by atomic mass is 35.5. The molecule has 3 N–H and O–H groups in total. The molecule has 2 aromatic heterocycles. The molecule has 1 amide bonds. The number of carboxylic acid groups (broad SMARTS) is 1. The third kappa shape index (κ3) is 6.92. The molecule has 15 nitrogen and oxygen atoms in total. The van der Waals surface area contributed by atoms with Crippen molar-refractivity contribution in [1.29, 1.82) is 0 Å². The van der Waals surface area contributed by atoms with E-state index in [0.29, 0.717) is 83.7 Å². The number of pyridine rings is 1. The van der Waals surface area contributed by atoms with Gasteiger partial charge in [0, 0.05) is 73.1 Å². The number of carbonyl (C=O) groups is 2. The van der Waals surface area contributed by atoms with E-state index in [4.69, 9.17) is 31.5 Å². The molecule has 0 saturated carbocycles. The van der Waals surface area contributed by atoms with Gasteiger partial charge in [-0.15, -0.1) is 0 Å². The van der Waals surface area contributed by atoms with E-state index >= 15 is 4.39 Å². The highest BCUT2D eigenvalue weighted by molar-refractivity contribution is 6.55. The molecule has 17 heteroatoms. The number of rotatable bonds is 11. The molecule has 0 unspecified atom stereocenters. The summed E-state index contributed by atoms with van der Waals surface area (Å²) in [6.45, 7) is 3.98. The Hall–Kier alpha value is -6.26. The van der Waals surface area contributed by atoms with Gasteiger partial charge in [0.1, 0.15) is 22.9 Å². The number of nitrogen functional groups attached to an aromatic ring is 1. The van der Waals surface area contributed by atoms with Gasteiger partial charge in [-0.1, -0.05) is 11.6 Å². The van der Waals surface area contributed by atoms with Gasteiger partial charge in [-0.3, -0.25) is 19.4 Å². The second-order valence-electron chi connectivity index (χ2n) is 13.1. The number of benzene rings is 3. The van der Waals surface area contributed by atoms with Crippen molar-refractivity contribution in [1.82, 2.24) is 19.4 Å². The van der Waals surface area contributed by atoms with Gasteiger partial charge in [0.15, 0.2) is 11.5 Å². The standard InChI is InChI=1S/C39H38ClFN8O7/c1-5-47-19-26(38(52)53)34(50)24-7-8-27(41)33(32(24)47)48-12-10-46(11-13-48)20-49-28-9-6-23(40)17-25(28)31(37(49)51)44-39-43-18-22(36(42)45-39)14-21-15-29(54-2)35(56-4)30(16-21)55-3/h6-9,15-19H,5,10-14,20H2,1-4H3,(H,52,53)(H2,42,43,45)/b44-31-. The van der Waals surface area contributed by atoms with Crippen molar-refractivity contribution >= 4 is 63.2 Å². The van der Waals surface area contributed by atoms with Crippen LogP contribution < -0.4 is 35.2 Å². The maximum atomic E-state index is 15.5. The number of aliphatic imine (C=N–C) groups is 1. The number of halogens is 2. The zero-order chi connectivity index (χ0) is 39.8. The van der Waals surface area contributed by atoms with Crippen LogP contribution in [0.2, 0.25) is 5.02 Å². The number of methoxy groups -OCH3 is 3. The van der Waals surface area contributed by atoms with Gasteiger partial charge in [-0.05, 0) is 55.0 Å². The van der Waals surface area contributed by atoms with E-state index in [1.165, 1.54) is 39.7 Å². The van der Waals surface area contributed by atoms with E-state index in [1.807, 2.05) is 17.0 Å². The van der Waals surface area contributed by atoms with Crippen molar-refractivity contribution in [3.8, 4) is 17.2 Å². The number of carboxylic acids is 1. The first-order chi connectivity index (χ1) is 27.0. The van der Waals surface area contributed by atoms with E-state index in [2.05, 4.69) is 19.9 Å². The van der Waals surface area contributed by atoms with Crippen molar-refractivity contribution in [3.63, 3.8) is 0 Å². The number of hydrogen-bond donors (Lipinski definition) is 2. The number of aromatic nitrogens is 3. The van der Waals surface area contributed by atoms with Crippen molar-refractivity contribution in [2.24, 2.45) is 4.99 Å². The molecule has 0 spiro atoms. The van der Waals surface area contributed by atoms with Crippen molar-refractivity contribution in [2.45, 2.75) is 19.9 Å². The maximum Gasteiger partial charge on any atom is 0.341 e. The van der Waals surface area contributed by atoms with E-state index in [1.54, 1.807) is 40.8 Å². The number of anilines is 3. The summed E-state index contributed by atoms with van der Waals surface area (Å²) >= 11 is 6.39. The molecule has 4 heterocycles. The second-order valence-corrected chi connectivity index (χ2v) is 13.6. The topological polar surface area (TPSA) is 178 Å². The molecule has 0 radical (unpaired) electrons. The van der Waals surface area contributed by atoms with Crippen LogP contribution in [0.3, 0.4) is 0 Å². The van der Waals surface area contributed by atoms with E-state index < -0.39 is 17.2 Å². The number of carbonyl (C=O) groups excluding carboxylic acids is 1. The molecule has 3 aromatic carbocycles. The van der Waals surface area contributed by atoms with Gasteiger partial charge < -0.3 is 34.5 Å². The summed E-state index contributed by atoms with van der Waals surface area (Å²) in [5.74, 6) is -0.610. The number of aromatic carboxylic acids is 1. The Bertz CT molecular complexity index is 2460. The Morgan fingerprint density at radius 2 is 1.73 bits per heavy atom. The predicted molar refractivity (Wildman–Crippen MR) is 210 cm³/mol. The Morgan fingerprint density at radius 1 is 1.02 bits per heavy atom. The zero-order valence-electron chi connectivity index (χ0n) is 31.0. The summed E-state index contributed by atoms with van der Waals surface area (Å²) in [6.07, 6.45) is 3.18. The van der Waals surface area contributed by atoms with Crippen molar-refractivity contribution in [3.05, 3.63) is 98.2 Å². The van der Waals surface area contributed by atoms with Crippen LogP contribution in [0, 0.1) is 5.82 Å². The average molecular weight is 785 g/mol. The fourth-order valence-corrected chi connectivity index (χ4v) is 7.33. The first kappa shape index (κ1) is 38.0. The van der Waals surface area contributed by atoms with Crippen LogP contribution in [-0.4, -0.2) is 96.3 Å². The molecule has 1 fully saturated rings. The van der Waals surface area contributed by atoms with Gasteiger partial charge in [-0.25, -0.2) is 19.2 Å². The molecule has 2 aliphatic heterocycles. The number of piperazine rings is 1. The zero-order valence-corrected chi connectivity index (χ0v) is 31.8. The Morgan fingerprint density at radius 3 is 2.36 bits per heavy atom. The molecule has 0 bridgehead atoms. The number of fused-ring (bicyclic) bond motifs is 2. The number of ether oxygens (including phenoxy) is 3. The third-order valence-corrected chi connectivity index (χ3v) is 10.2. The van der Waals surface area contributed by atoms with Gasteiger partial charge in [0.25, 0.3) is 11.9 Å². The van der Waals surface area contributed by atoms with E-state index in [-0.39, 0.29) is 46.7 Å². The molecular formula is C39H38ClFN8O7. The SMILES string of the molecule is CCn1cc(C(=O)O)c(=O)c2ccc(F)c(N3CCN(CN4C(=O)/C(=N\c5ncc(Cc6cc(OC)c(OC)c(OC)c6)c(N)n5)c5cc(Cl)ccc54)CC3)c21. The van der Waals surface area contributed by atoms with Crippen LogP contribution in [0.5, 0.6) is 17.2 Å². The lowest BCUT2D eigenvalue weighted by Crippen LogP contribution is -2.51. The maximum absolute atomic E-state index is 15.5. The molecule has 0 aliphatic carbocycles. The first-order valence-electron chi connectivity index (χ1n) is 17.6. The van der Waals surface area contributed by atoms with Crippen LogP contribution in [0.25, 0.3) is 10.9 Å². The molecule has 7 rings (SSSR count). The largest absolute Gasteiger partial charge is 0.493 e. The summed E-state index contributed by atoms with van der Waals surface area (Å²) in [7, 11) is 4.60. The lowest BCUT2D eigenvalue weighted by atomic mass is 10.1. The Kier molecular flexibility index (Phi) is 10.5. The predicted octanol–water partition coefficient (Wildman–Crippen LogP) is 4.75. The van der Waals surface area contributed by atoms with Crippen LogP contribution in [0.4, 0.5) is 27.5 Å². The molecule has 290 valence electrons. The van der Waals surface area contributed by atoms with Gasteiger partial charge in [0.05, 0.1) is 44.9 Å². The van der Waals surface area contributed by atoms with Crippen LogP contribution >= 0.6 is 11.6 Å². The monoisotopic (exact) mass is 784 g/mol. The third-order valence-electron chi connectivity index (χ3n) is 9.93. The number of nitrogens with zero attached hydrogens (tertiary/aromatic N) is 7. The summed E-state index contributed by atoms with van der Waals surface area (Å²) in [6, 6.07) is 11.3. The van der Waals surface area contributed by atoms with Crippen LogP contribution in [0.1, 0.15) is 34.0 Å². The molecule has 56 heavy (non-hydrogen) atoms. The fourth-order valence-electron chi connectivity index (χ4n) is 7.16. The van der Waals surface area contributed by atoms with Gasteiger partial charge >= 0.3 is 5.97 Å². The van der Waals surface area contributed by atoms with Gasteiger partial charge in [0.2, 0.25) is 11.2 Å². The second kappa shape index (κ2) is 15.5. The fraction of sp³-hybridized carbons (Fsp3) is 0.282. The highest BCUT2D eigenvalue weighted by Gasteiger charge is 2.36. The lowest BCUT2D eigenvalue weighted by Gasteiger charge is -2.38. The van der Waals surface area contributed by atoms with Crippen molar-refractivity contribution in [2.75, 3.05) is 69.7 Å². The summed E-state index contributed by atoms with van der Waals surface area (Å²) in [4.78, 5) is 57.7. The smallest absolute Gasteiger partial charge is 0.341 e. The number of aryl methyl sites for hydroxylation is 1. The minimum Gasteiger partial charge on any atom is -0.493 e. The molecular weight excluding hydrogens is 747 g/mol. The molecule has 0 atom stereocenters. The van der Waals surface area contributed by atoms with Gasteiger partial charge in [-0.2, -0.15) is 4.98 Å². The normalized spacial score (nSPS) is 15.1. The Labute approximate surface area is 325 Å².